The maximum absolute atomic E-state index is 6.08. The van der Waals surface area contributed by atoms with Gasteiger partial charge in [-0.3, -0.25) is 0 Å². The Bertz CT molecular complexity index is 324. The third kappa shape index (κ3) is 2.74. The molecule has 15 heavy (non-hydrogen) atoms. The lowest BCUT2D eigenvalue weighted by Crippen LogP contribution is -2.11. The van der Waals surface area contributed by atoms with E-state index in [9.17, 15) is 0 Å². The number of hydrogen-bond acceptors (Lipinski definition) is 4. The molecule has 2 nitrogen and oxygen atoms in total. The van der Waals surface area contributed by atoms with Crippen molar-refractivity contribution in [1.82, 2.24) is 4.98 Å². The fourth-order valence-electron chi connectivity index (χ4n) is 1.70. The van der Waals surface area contributed by atoms with E-state index in [4.69, 9.17) is 5.73 Å². The molecule has 1 aromatic rings. The second-order valence-electron chi connectivity index (χ2n) is 4.32. The molecule has 0 saturated heterocycles. The Kier molecular flexibility index (Phi) is 3.69. The minimum absolute atomic E-state index is 0.136. The van der Waals surface area contributed by atoms with E-state index >= 15 is 0 Å². The van der Waals surface area contributed by atoms with E-state index in [2.05, 4.69) is 23.5 Å². The van der Waals surface area contributed by atoms with Crippen molar-refractivity contribution < 1.29 is 0 Å². The average Bonchev–Trinajstić information content (AvgIpc) is 2.80. The molecule has 1 aromatic heterocycles. The van der Waals surface area contributed by atoms with Crippen LogP contribution < -0.4 is 5.73 Å². The van der Waals surface area contributed by atoms with Crippen molar-refractivity contribution in [3.05, 3.63) is 16.1 Å². The lowest BCUT2D eigenvalue weighted by atomic mass is 10.2. The minimum Gasteiger partial charge on any atom is -0.323 e. The Morgan fingerprint density at radius 1 is 1.73 bits per heavy atom. The van der Waals surface area contributed by atoms with Gasteiger partial charge in [0.2, 0.25) is 0 Å². The van der Waals surface area contributed by atoms with Gasteiger partial charge in [0.1, 0.15) is 0 Å². The Labute approximate surface area is 99.7 Å². The van der Waals surface area contributed by atoms with Crippen LogP contribution in [0, 0.1) is 5.92 Å². The molecule has 2 rings (SSSR count). The molecule has 2 N–H and O–H groups in total. The Morgan fingerprint density at radius 3 is 3.07 bits per heavy atom. The van der Waals surface area contributed by atoms with Crippen molar-refractivity contribution >= 4 is 23.1 Å². The zero-order valence-electron chi connectivity index (χ0n) is 9.27. The highest BCUT2D eigenvalue weighted by Gasteiger charge is 2.36. The van der Waals surface area contributed by atoms with Crippen LogP contribution in [-0.2, 0) is 0 Å². The van der Waals surface area contributed by atoms with Gasteiger partial charge >= 0.3 is 0 Å². The van der Waals surface area contributed by atoms with Gasteiger partial charge in [0.15, 0.2) is 0 Å². The van der Waals surface area contributed by atoms with E-state index in [0.717, 1.165) is 29.7 Å². The van der Waals surface area contributed by atoms with Crippen LogP contribution in [0.15, 0.2) is 5.38 Å². The lowest BCUT2D eigenvalue weighted by Gasteiger charge is -2.06. The number of nitrogens with zero attached hydrogens (tertiary/aromatic N) is 1. The summed E-state index contributed by atoms with van der Waals surface area (Å²) in [4.78, 5) is 4.66. The molecule has 0 radical (unpaired) electrons. The van der Waals surface area contributed by atoms with Gasteiger partial charge in [-0.05, 0) is 30.8 Å². The molecule has 1 aliphatic rings. The summed E-state index contributed by atoms with van der Waals surface area (Å²) < 4.78 is 0. The fourth-order valence-corrected chi connectivity index (χ4v) is 3.32. The monoisotopic (exact) mass is 242 g/mol. The Balaban J connectivity index is 1.94. The van der Waals surface area contributed by atoms with Crippen LogP contribution >= 0.6 is 23.1 Å². The maximum Gasteiger partial charge on any atom is 0.0962 e. The summed E-state index contributed by atoms with van der Waals surface area (Å²) in [6.45, 7) is 2.29. The smallest absolute Gasteiger partial charge is 0.0962 e. The molecule has 0 spiro atoms. The summed E-state index contributed by atoms with van der Waals surface area (Å²) in [6.07, 6.45) is 4.46. The number of thiazole rings is 1. The Hall–Kier alpha value is -0.0600. The van der Waals surface area contributed by atoms with Crippen LogP contribution in [0.5, 0.6) is 0 Å². The first-order valence-electron chi connectivity index (χ1n) is 5.42. The van der Waals surface area contributed by atoms with E-state index < -0.39 is 0 Å². The zero-order chi connectivity index (χ0) is 10.8. The predicted molar refractivity (Wildman–Crippen MR) is 68.6 cm³/mol. The third-order valence-corrected chi connectivity index (χ3v) is 4.62. The molecule has 1 heterocycles. The summed E-state index contributed by atoms with van der Waals surface area (Å²) in [6, 6.07) is 0.136. The van der Waals surface area contributed by atoms with Crippen LogP contribution in [0.1, 0.15) is 42.4 Å². The van der Waals surface area contributed by atoms with E-state index in [1.807, 2.05) is 11.8 Å². The van der Waals surface area contributed by atoms with Gasteiger partial charge in [0.05, 0.1) is 10.7 Å². The molecule has 0 aromatic carbocycles. The van der Waals surface area contributed by atoms with Crippen LogP contribution in [0.4, 0.5) is 0 Å². The lowest BCUT2D eigenvalue weighted by molar-refractivity contribution is 0.682. The highest BCUT2D eigenvalue weighted by atomic mass is 32.2. The second-order valence-corrected chi connectivity index (χ2v) is 6.19. The van der Waals surface area contributed by atoms with Crippen LogP contribution in [0.25, 0.3) is 0 Å². The highest BCUT2D eigenvalue weighted by Crippen LogP contribution is 2.48. The quantitative estimate of drug-likeness (QED) is 0.862. The summed E-state index contributed by atoms with van der Waals surface area (Å²) >= 11 is 3.63. The molecular formula is C11H18N2S2. The van der Waals surface area contributed by atoms with Gasteiger partial charge < -0.3 is 5.73 Å². The summed E-state index contributed by atoms with van der Waals surface area (Å²) in [5, 5.41) is 3.45. The van der Waals surface area contributed by atoms with Crippen LogP contribution in [-0.4, -0.2) is 17.0 Å². The topological polar surface area (TPSA) is 38.9 Å². The highest BCUT2D eigenvalue weighted by molar-refractivity contribution is 7.98. The number of rotatable bonds is 5. The first kappa shape index (κ1) is 11.4. The van der Waals surface area contributed by atoms with Gasteiger partial charge in [0.25, 0.3) is 0 Å². The molecule has 1 saturated carbocycles. The van der Waals surface area contributed by atoms with Gasteiger partial charge in [0, 0.05) is 17.3 Å². The standard InChI is InChI=1S/C11H18N2S2/c1-7-5-8(7)11-13-10(6-15-11)9(12)3-4-14-2/h6-9H,3-5,12H2,1-2H3. The SMILES string of the molecule is CSCCC(N)c1csc(C2CC2C)n1. The maximum atomic E-state index is 6.08. The largest absolute Gasteiger partial charge is 0.323 e. The molecule has 0 aliphatic heterocycles. The summed E-state index contributed by atoms with van der Waals surface area (Å²) in [5.41, 5.74) is 7.18. The first-order valence-corrected chi connectivity index (χ1v) is 7.69. The Morgan fingerprint density at radius 2 is 2.47 bits per heavy atom. The normalized spacial score (nSPS) is 26.6. The number of thioether (sulfide) groups is 1. The molecule has 4 heteroatoms. The number of hydrogen-bond donors (Lipinski definition) is 1. The molecule has 3 unspecified atom stereocenters. The van der Waals surface area contributed by atoms with E-state index in [-0.39, 0.29) is 6.04 Å². The minimum atomic E-state index is 0.136. The predicted octanol–water partition coefficient (Wildman–Crippen LogP) is 3.02. The zero-order valence-corrected chi connectivity index (χ0v) is 10.9. The van der Waals surface area contributed by atoms with Crippen LogP contribution in [0.3, 0.4) is 0 Å². The first-order chi connectivity index (χ1) is 7.22. The fraction of sp³-hybridized carbons (Fsp3) is 0.727. The van der Waals surface area contributed by atoms with Crippen molar-refractivity contribution in [3.8, 4) is 0 Å². The van der Waals surface area contributed by atoms with Crippen molar-refractivity contribution in [2.45, 2.75) is 31.7 Å². The molecule has 84 valence electrons. The van der Waals surface area contributed by atoms with Crippen molar-refractivity contribution in [1.29, 1.82) is 0 Å². The summed E-state index contributed by atoms with van der Waals surface area (Å²) in [7, 11) is 0. The third-order valence-electron chi connectivity index (χ3n) is 2.98. The van der Waals surface area contributed by atoms with Crippen molar-refractivity contribution in [3.63, 3.8) is 0 Å². The molecule has 1 aliphatic carbocycles. The van der Waals surface area contributed by atoms with E-state index in [1.54, 1.807) is 11.3 Å². The molecule has 0 amide bonds. The summed E-state index contributed by atoms with van der Waals surface area (Å²) in [5.74, 6) is 2.69. The van der Waals surface area contributed by atoms with Crippen LogP contribution in [0.2, 0.25) is 0 Å². The van der Waals surface area contributed by atoms with Gasteiger partial charge in [-0.15, -0.1) is 11.3 Å². The average molecular weight is 242 g/mol. The molecule has 3 atom stereocenters. The van der Waals surface area contributed by atoms with Crippen molar-refractivity contribution in [2.75, 3.05) is 12.0 Å². The van der Waals surface area contributed by atoms with Crippen molar-refractivity contribution in [2.24, 2.45) is 11.7 Å². The number of nitrogens with two attached hydrogens (primary N) is 1. The molecule has 1 fully saturated rings. The van der Waals surface area contributed by atoms with Gasteiger partial charge in [-0.2, -0.15) is 11.8 Å². The van der Waals surface area contributed by atoms with Gasteiger partial charge in [-0.25, -0.2) is 4.98 Å². The van der Waals surface area contributed by atoms with E-state index in [0.29, 0.717) is 0 Å². The molecular weight excluding hydrogens is 224 g/mol. The van der Waals surface area contributed by atoms with E-state index in [1.165, 1.54) is 11.4 Å². The number of aromatic nitrogens is 1. The second kappa shape index (κ2) is 4.85. The van der Waals surface area contributed by atoms with Gasteiger partial charge in [-0.1, -0.05) is 6.92 Å². The molecule has 0 bridgehead atoms.